The molecule has 3 rings (SSSR count). The second kappa shape index (κ2) is 9.46. The number of rotatable bonds is 6. The van der Waals surface area contributed by atoms with Gasteiger partial charge in [-0.3, -0.25) is 9.63 Å². The van der Waals surface area contributed by atoms with Gasteiger partial charge in [0.1, 0.15) is 0 Å². The zero-order valence-electron chi connectivity index (χ0n) is 18.9. The van der Waals surface area contributed by atoms with Gasteiger partial charge in [-0.25, -0.2) is 5.06 Å². The van der Waals surface area contributed by atoms with Gasteiger partial charge in [0.2, 0.25) is 5.91 Å². The van der Waals surface area contributed by atoms with Crippen LogP contribution in [0.15, 0.2) is 60.7 Å². The molecule has 5 heteroatoms. The summed E-state index contributed by atoms with van der Waals surface area (Å²) >= 11 is 0. The predicted molar refractivity (Wildman–Crippen MR) is 124 cm³/mol. The number of nitrogens with zero attached hydrogens (tertiary/aromatic N) is 1. The Kier molecular flexibility index (Phi) is 7.16. The molecule has 1 aliphatic rings. The molecule has 0 heterocycles. The van der Waals surface area contributed by atoms with E-state index >= 15 is 0 Å². The molecule has 0 radical (unpaired) electrons. The second-order valence-electron chi connectivity index (χ2n) is 9.27. The van der Waals surface area contributed by atoms with Crippen LogP contribution in [0.2, 0.25) is 5.04 Å². The molecule has 1 saturated carbocycles. The Bertz CT molecular complexity index is 772. The normalized spacial score (nSPS) is 20.0. The largest absolute Gasteiger partial charge is 0.404 e. The summed E-state index contributed by atoms with van der Waals surface area (Å²) in [5.74, 6) is 0.0929. The molecular formula is C25H35NO3Si. The number of hydrogen-bond donors (Lipinski definition) is 0. The first-order valence-corrected chi connectivity index (χ1v) is 12.8. The van der Waals surface area contributed by atoms with Crippen molar-refractivity contribution in [3.63, 3.8) is 0 Å². The maximum Gasteiger partial charge on any atom is 0.261 e. The second-order valence-corrected chi connectivity index (χ2v) is 13.5. The smallest absolute Gasteiger partial charge is 0.261 e. The first-order valence-electron chi connectivity index (χ1n) is 10.9. The van der Waals surface area contributed by atoms with E-state index in [1.807, 2.05) is 0 Å². The molecular weight excluding hydrogens is 390 g/mol. The molecule has 4 nitrogen and oxygen atoms in total. The lowest BCUT2D eigenvalue weighted by atomic mass is 9.87. The summed E-state index contributed by atoms with van der Waals surface area (Å²) in [5, 5.41) is 3.94. The van der Waals surface area contributed by atoms with Crippen LogP contribution in [0.25, 0.3) is 0 Å². The van der Waals surface area contributed by atoms with Crippen molar-refractivity contribution >= 4 is 24.6 Å². The Hall–Kier alpha value is -1.95. The van der Waals surface area contributed by atoms with Crippen LogP contribution < -0.4 is 10.4 Å². The molecule has 0 aliphatic heterocycles. The predicted octanol–water partition coefficient (Wildman–Crippen LogP) is 4.14. The number of hydroxylamine groups is 2. The van der Waals surface area contributed by atoms with Gasteiger partial charge >= 0.3 is 0 Å². The molecule has 0 saturated heterocycles. The molecule has 0 N–H and O–H groups in total. The average molecular weight is 426 g/mol. The quantitative estimate of drug-likeness (QED) is 0.516. The molecule has 2 aromatic rings. The Balaban J connectivity index is 1.91. The van der Waals surface area contributed by atoms with Crippen LogP contribution in [0.1, 0.15) is 46.5 Å². The third-order valence-electron chi connectivity index (χ3n) is 6.37. The zero-order chi connectivity index (χ0) is 21.8. The van der Waals surface area contributed by atoms with Crippen molar-refractivity contribution in [1.82, 2.24) is 5.06 Å². The van der Waals surface area contributed by atoms with Crippen molar-refractivity contribution in [2.75, 3.05) is 14.2 Å². The van der Waals surface area contributed by atoms with Crippen molar-refractivity contribution < 1.29 is 14.1 Å². The fourth-order valence-electron chi connectivity index (χ4n) is 4.72. The van der Waals surface area contributed by atoms with Gasteiger partial charge in [0.15, 0.2) is 0 Å². The van der Waals surface area contributed by atoms with Gasteiger partial charge in [-0.2, -0.15) is 0 Å². The van der Waals surface area contributed by atoms with E-state index in [0.717, 1.165) is 25.7 Å². The molecule has 0 aromatic heterocycles. The topological polar surface area (TPSA) is 38.8 Å². The summed E-state index contributed by atoms with van der Waals surface area (Å²) in [6, 6.07) is 21.5. The lowest BCUT2D eigenvalue weighted by Gasteiger charge is -2.46. The zero-order valence-corrected chi connectivity index (χ0v) is 19.9. The van der Waals surface area contributed by atoms with E-state index in [1.54, 1.807) is 7.05 Å². The summed E-state index contributed by atoms with van der Waals surface area (Å²) in [5.41, 5.74) is 0. The third kappa shape index (κ3) is 4.53. The minimum Gasteiger partial charge on any atom is -0.404 e. The van der Waals surface area contributed by atoms with Gasteiger partial charge in [0.25, 0.3) is 8.32 Å². The Labute approximate surface area is 182 Å². The molecule has 1 fully saturated rings. The number of carbonyl (C=O) groups is 1. The first-order chi connectivity index (χ1) is 14.3. The minimum absolute atomic E-state index is 0.0222. The van der Waals surface area contributed by atoms with E-state index in [9.17, 15) is 4.79 Å². The molecule has 30 heavy (non-hydrogen) atoms. The monoisotopic (exact) mass is 425 g/mol. The van der Waals surface area contributed by atoms with E-state index in [-0.39, 0.29) is 23.0 Å². The highest BCUT2D eigenvalue weighted by Gasteiger charge is 2.51. The van der Waals surface area contributed by atoms with Crippen LogP contribution >= 0.6 is 0 Å². The van der Waals surface area contributed by atoms with E-state index in [0.29, 0.717) is 0 Å². The van der Waals surface area contributed by atoms with Gasteiger partial charge in [-0.1, -0.05) is 81.4 Å². The maximum atomic E-state index is 12.5. The van der Waals surface area contributed by atoms with Crippen LogP contribution in [0.4, 0.5) is 0 Å². The van der Waals surface area contributed by atoms with Crippen LogP contribution in [-0.2, 0) is 14.1 Å². The van der Waals surface area contributed by atoms with E-state index < -0.39 is 8.32 Å². The summed E-state index contributed by atoms with van der Waals surface area (Å²) in [4.78, 5) is 17.6. The van der Waals surface area contributed by atoms with Crippen molar-refractivity contribution in [2.24, 2.45) is 5.92 Å². The summed E-state index contributed by atoms with van der Waals surface area (Å²) < 4.78 is 7.21. The minimum atomic E-state index is -2.53. The summed E-state index contributed by atoms with van der Waals surface area (Å²) in [6.45, 7) is 6.92. The van der Waals surface area contributed by atoms with Crippen molar-refractivity contribution in [2.45, 2.75) is 57.6 Å². The molecule has 0 bridgehead atoms. The van der Waals surface area contributed by atoms with E-state index in [4.69, 9.17) is 9.26 Å². The Morgan fingerprint density at radius 3 is 1.77 bits per heavy atom. The summed E-state index contributed by atoms with van der Waals surface area (Å²) in [7, 11) is 0.690. The number of amides is 1. The maximum absolute atomic E-state index is 12.5. The molecule has 1 amide bonds. The third-order valence-corrected chi connectivity index (χ3v) is 11.5. The molecule has 2 aromatic carbocycles. The van der Waals surface area contributed by atoms with Gasteiger partial charge in [0.05, 0.1) is 7.11 Å². The highest BCUT2D eigenvalue weighted by molar-refractivity contribution is 6.99. The lowest BCUT2D eigenvalue weighted by molar-refractivity contribution is -0.174. The fourth-order valence-corrected chi connectivity index (χ4v) is 9.47. The van der Waals surface area contributed by atoms with Crippen molar-refractivity contribution in [3.8, 4) is 0 Å². The average Bonchev–Trinajstić information content (AvgIpc) is 2.77. The van der Waals surface area contributed by atoms with Crippen LogP contribution in [0, 0.1) is 5.92 Å². The number of benzene rings is 2. The fraction of sp³-hybridized carbons (Fsp3) is 0.480. The van der Waals surface area contributed by atoms with Crippen molar-refractivity contribution in [1.29, 1.82) is 0 Å². The van der Waals surface area contributed by atoms with E-state index in [1.165, 1.54) is 22.5 Å². The van der Waals surface area contributed by atoms with Crippen LogP contribution in [0.3, 0.4) is 0 Å². The SMILES string of the molecule is CON(C)C(=O)C1CCC(O[Si](c2ccccc2)(c2ccccc2)C(C)(C)C)CC1. The van der Waals surface area contributed by atoms with Gasteiger partial charge < -0.3 is 4.43 Å². The van der Waals surface area contributed by atoms with Gasteiger partial charge in [-0.05, 0) is 41.1 Å². The Morgan fingerprint density at radius 1 is 0.900 bits per heavy atom. The van der Waals surface area contributed by atoms with Crippen LogP contribution in [-0.4, -0.2) is 39.5 Å². The molecule has 0 spiro atoms. The highest BCUT2D eigenvalue weighted by atomic mass is 28.4. The van der Waals surface area contributed by atoms with Gasteiger partial charge in [-0.15, -0.1) is 0 Å². The lowest BCUT2D eigenvalue weighted by Crippen LogP contribution is -2.67. The van der Waals surface area contributed by atoms with Gasteiger partial charge in [0, 0.05) is 19.1 Å². The molecule has 0 unspecified atom stereocenters. The molecule has 162 valence electrons. The molecule has 1 aliphatic carbocycles. The van der Waals surface area contributed by atoms with Crippen molar-refractivity contribution in [3.05, 3.63) is 60.7 Å². The van der Waals surface area contributed by atoms with Crippen LogP contribution in [0.5, 0.6) is 0 Å². The first kappa shape index (κ1) is 22.7. The standard InChI is InChI=1S/C25H35NO3Si/c1-25(2,3)30(22-12-8-6-9-13-22,23-14-10-7-11-15-23)29-21-18-16-20(17-19-21)24(27)26(4)28-5/h6-15,20-21H,16-19H2,1-5H3. The number of hydrogen-bond acceptors (Lipinski definition) is 3. The molecule has 0 atom stereocenters. The Morgan fingerprint density at radius 2 is 1.37 bits per heavy atom. The van der Waals surface area contributed by atoms with E-state index in [2.05, 4.69) is 81.4 Å². The highest BCUT2D eigenvalue weighted by Crippen LogP contribution is 2.40. The summed E-state index contributed by atoms with van der Waals surface area (Å²) in [6.07, 6.45) is 3.65. The number of carbonyl (C=O) groups excluding carboxylic acids is 1.